The summed E-state index contributed by atoms with van der Waals surface area (Å²) in [7, 11) is 1.63. The molecule has 1 amide bonds. The summed E-state index contributed by atoms with van der Waals surface area (Å²) in [5, 5.41) is 0. The summed E-state index contributed by atoms with van der Waals surface area (Å²) in [4.78, 5) is 18.2. The predicted molar refractivity (Wildman–Crippen MR) is 74.4 cm³/mol. The lowest BCUT2D eigenvalue weighted by Gasteiger charge is -2.23. The summed E-state index contributed by atoms with van der Waals surface area (Å²) >= 11 is 0. The Morgan fingerprint density at radius 1 is 1.53 bits per heavy atom. The van der Waals surface area contributed by atoms with Gasteiger partial charge in [-0.2, -0.15) is 0 Å². The number of aromatic nitrogens is 1. The Balaban J connectivity index is 2.63. The molecule has 0 aliphatic heterocycles. The average Bonchev–Trinajstić information content (AvgIpc) is 2.44. The van der Waals surface area contributed by atoms with Crippen LogP contribution >= 0.6 is 0 Å². The lowest BCUT2D eigenvalue weighted by Crippen LogP contribution is -2.37. The van der Waals surface area contributed by atoms with Gasteiger partial charge in [-0.1, -0.05) is 13.0 Å². The fourth-order valence-electron chi connectivity index (χ4n) is 1.68. The molecule has 0 saturated carbocycles. The van der Waals surface area contributed by atoms with E-state index in [0.717, 1.165) is 12.1 Å². The summed E-state index contributed by atoms with van der Waals surface area (Å²) < 4.78 is 5.05. The second-order valence-electron chi connectivity index (χ2n) is 4.50. The zero-order chi connectivity index (χ0) is 14.1. The normalized spacial score (nSPS) is 12.2. The lowest BCUT2D eigenvalue weighted by molar-refractivity contribution is -0.132. The maximum Gasteiger partial charge on any atom is 0.224 e. The Hall–Kier alpha value is -1.46. The zero-order valence-electron chi connectivity index (χ0n) is 11.7. The molecule has 2 N–H and O–H groups in total. The first-order valence-corrected chi connectivity index (χ1v) is 6.59. The monoisotopic (exact) mass is 265 g/mol. The minimum atomic E-state index is -0.0822. The molecule has 0 fully saturated rings. The molecule has 1 atom stereocenters. The molecule has 0 aromatic carbocycles. The molecule has 1 aromatic rings. The van der Waals surface area contributed by atoms with Gasteiger partial charge in [0, 0.05) is 32.3 Å². The second-order valence-corrected chi connectivity index (χ2v) is 4.50. The van der Waals surface area contributed by atoms with Crippen LogP contribution in [0.15, 0.2) is 24.4 Å². The first-order chi connectivity index (χ1) is 9.17. The standard InChI is InChI=1S/C14H23N3O2/c1-3-12(15)10-14(18)17(8-9-19-2)11-13-6-4-5-7-16-13/h4-7,12H,3,8-11,15H2,1-2H3. The van der Waals surface area contributed by atoms with Gasteiger partial charge in [-0.15, -0.1) is 0 Å². The molecule has 0 aliphatic carbocycles. The van der Waals surface area contributed by atoms with Crippen molar-refractivity contribution in [1.29, 1.82) is 0 Å². The van der Waals surface area contributed by atoms with E-state index in [9.17, 15) is 4.79 Å². The molecule has 1 unspecified atom stereocenters. The van der Waals surface area contributed by atoms with E-state index in [1.165, 1.54) is 0 Å². The Morgan fingerprint density at radius 2 is 2.32 bits per heavy atom. The Kier molecular flexibility index (Phi) is 7.07. The highest BCUT2D eigenvalue weighted by Crippen LogP contribution is 2.06. The number of rotatable bonds is 8. The minimum absolute atomic E-state index is 0.0528. The number of carbonyl (C=O) groups excluding carboxylic acids is 1. The SMILES string of the molecule is CCC(N)CC(=O)N(CCOC)Cc1ccccn1. The number of methoxy groups -OCH3 is 1. The molecule has 0 saturated heterocycles. The van der Waals surface area contributed by atoms with Crippen LogP contribution in [0.3, 0.4) is 0 Å². The maximum absolute atomic E-state index is 12.2. The van der Waals surface area contributed by atoms with Gasteiger partial charge >= 0.3 is 0 Å². The highest BCUT2D eigenvalue weighted by Gasteiger charge is 2.16. The van der Waals surface area contributed by atoms with Gasteiger partial charge in [0.2, 0.25) is 5.91 Å². The van der Waals surface area contributed by atoms with Crippen molar-refractivity contribution in [3.8, 4) is 0 Å². The highest BCUT2D eigenvalue weighted by atomic mass is 16.5. The van der Waals surface area contributed by atoms with Gasteiger partial charge in [-0.25, -0.2) is 0 Å². The van der Waals surface area contributed by atoms with Crippen LogP contribution in [-0.2, 0) is 16.1 Å². The van der Waals surface area contributed by atoms with Gasteiger partial charge in [-0.3, -0.25) is 9.78 Å². The van der Waals surface area contributed by atoms with Crippen molar-refractivity contribution < 1.29 is 9.53 Å². The quantitative estimate of drug-likeness (QED) is 0.766. The third-order valence-electron chi connectivity index (χ3n) is 2.96. The smallest absolute Gasteiger partial charge is 0.224 e. The highest BCUT2D eigenvalue weighted by molar-refractivity contribution is 5.76. The maximum atomic E-state index is 12.2. The van der Waals surface area contributed by atoms with Gasteiger partial charge < -0.3 is 15.4 Å². The molecular weight excluding hydrogens is 242 g/mol. The molecule has 106 valence electrons. The average molecular weight is 265 g/mol. The Bertz CT molecular complexity index is 370. The van der Waals surface area contributed by atoms with E-state index >= 15 is 0 Å². The Labute approximate surface area is 114 Å². The molecule has 0 aliphatic rings. The Morgan fingerprint density at radius 3 is 2.89 bits per heavy atom. The van der Waals surface area contributed by atoms with Gasteiger partial charge in [0.05, 0.1) is 18.8 Å². The summed E-state index contributed by atoms with van der Waals surface area (Å²) in [6.07, 6.45) is 2.90. The van der Waals surface area contributed by atoms with Crippen LogP contribution in [0.1, 0.15) is 25.5 Å². The first kappa shape index (κ1) is 15.6. The fraction of sp³-hybridized carbons (Fsp3) is 0.571. The van der Waals surface area contributed by atoms with Gasteiger partial charge in [0.1, 0.15) is 0 Å². The van der Waals surface area contributed by atoms with Crippen molar-refractivity contribution in [1.82, 2.24) is 9.88 Å². The van der Waals surface area contributed by atoms with Gasteiger partial charge in [0.25, 0.3) is 0 Å². The molecule has 5 nitrogen and oxygen atoms in total. The van der Waals surface area contributed by atoms with E-state index in [1.807, 2.05) is 25.1 Å². The zero-order valence-corrected chi connectivity index (χ0v) is 11.7. The number of carbonyl (C=O) groups is 1. The number of ether oxygens (including phenoxy) is 1. The second kappa shape index (κ2) is 8.61. The molecule has 1 heterocycles. The number of nitrogens with zero attached hydrogens (tertiary/aromatic N) is 2. The van der Waals surface area contributed by atoms with Crippen LogP contribution < -0.4 is 5.73 Å². The van der Waals surface area contributed by atoms with Gasteiger partial charge in [-0.05, 0) is 18.6 Å². The van der Waals surface area contributed by atoms with Crippen LogP contribution in [-0.4, -0.2) is 42.1 Å². The van der Waals surface area contributed by atoms with Crippen molar-refractivity contribution in [3.05, 3.63) is 30.1 Å². The van der Waals surface area contributed by atoms with Crippen LogP contribution in [0.4, 0.5) is 0 Å². The van der Waals surface area contributed by atoms with Crippen molar-refractivity contribution in [3.63, 3.8) is 0 Å². The molecule has 19 heavy (non-hydrogen) atoms. The molecule has 0 spiro atoms. The molecule has 1 rings (SSSR count). The summed E-state index contributed by atoms with van der Waals surface area (Å²) in [5.41, 5.74) is 6.71. The van der Waals surface area contributed by atoms with Crippen molar-refractivity contribution in [2.45, 2.75) is 32.4 Å². The first-order valence-electron chi connectivity index (χ1n) is 6.59. The van der Waals surface area contributed by atoms with E-state index in [4.69, 9.17) is 10.5 Å². The number of hydrogen-bond acceptors (Lipinski definition) is 4. The van der Waals surface area contributed by atoms with E-state index < -0.39 is 0 Å². The van der Waals surface area contributed by atoms with Crippen LogP contribution in [0.5, 0.6) is 0 Å². The van der Waals surface area contributed by atoms with Crippen LogP contribution in [0.2, 0.25) is 0 Å². The molecule has 1 aromatic heterocycles. The van der Waals surface area contributed by atoms with E-state index in [-0.39, 0.29) is 11.9 Å². The fourth-order valence-corrected chi connectivity index (χ4v) is 1.68. The summed E-state index contributed by atoms with van der Waals surface area (Å²) in [5.74, 6) is 0.0528. The van der Waals surface area contributed by atoms with Crippen molar-refractivity contribution >= 4 is 5.91 Å². The van der Waals surface area contributed by atoms with Crippen molar-refractivity contribution in [2.75, 3.05) is 20.3 Å². The molecule has 0 bridgehead atoms. The number of amides is 1. The van der Waals surface area contributed by atoms with Crippen LogP contribution in [0, 0.1) is 0 Å². The summed E-state index contributed by atoms with van der Waals surface area (Å²) in [6, 6.07) is 5.60. The molecule has 0 radical (unpaired) electrons. The predicted octanol–water partition coefficient (Wildman–Crippen LogP) is 1.18. The number of nitrogens with two attached hydrogens (primary N) is 1. The minimum Gasteiger partial charge on any atom is -0.383 e. The lowest BCUT2D eigenvalue weighted by atomic mass is 10.1. The summed E-state index contributed by atoms with van der Waals surface area (Å²) in [6.45, 7) is 3.55. The van der Waals surface area contributed by atoms with Gasteiger partial charge in [0.15, 0.2) is 0 Å². The largest absolute Gasteiger partial charge is 0.383 e. The third kappa shape index (κ3) is 5.81. The van der Waals surface area contributed by atoms with Crippen molar-refractivity contribution in [2.24, 2.45) is 5.73 Å². The topological polar surface area (TPSA) is 68.5 Å². The molecule has 5 heteroatoms. The van der Waals surface area contributed by atoms with Crippen LogP contribution in [0.25, 0.3) is 0 Å². The van der Waals surface area contributed by atoms with E-state index in [2.05, 4.69) is 4.98 Å². The van der Waals surface area contributed by atoms with E-state index in [0.29, 0.717) is 26.1 Å². The van der Waals surface area contributed by atoms with E-state index in [1.54, 1.807) is 18.2 Å². The number of hydrogen-bond donors (Lipinski definition) is 1. The number of pyridine rings is 1. The molecular formula is C14H23N3O2. The third-order valence-corrected chi connectivity index (χ3v) is 2.96.